The van der Waals surface area contributed by atoms with Gasteiger partial charge in [0.2, 0.25) is 5.91 Å². The fourth-order valence-electron chi connectivity index (χ4n) is 3.12. The maximum atomic E-state index is 12.8. The molecule has 1 N–H and O–H groups in total. The van der Waals surface area contributed by atoms with E-state index in [2.05, 4.69) is 10.2 Å². The summed E-state index contributed by atoms with van der Waals surface area (Å²) < 4.78 is 5.37. The minimum absolute atomic E-state index is 0.117. The lowest BCUT2D eigenvalue weighted by Crippen LogP contribution is -2.36. The Morgan fingerprint density at radius 3 is 2.45 bits per heavy atom. The largest absolute Gasteiger partial charge is 0.379 e. The van der Waals surface area contributed by atoms with E-state index >= 15 is 0 Å². The summed E-state index contributed by atoms with van der Waals surface area (Å²) in [6.45, 7) is 3.86. The zero-order chi connectivity index (χ0) is 20.8. The molecule has 0 radical (unpaired) electrons. The van der Waals surface area contributed by atoms with Crippen LogP contribution >= 0.6 is 23.2 Å². The predicted octanol–water partition coefficient (Wildman–Crippen LogP) is 3.54. The first-order chi connectivity index (χ1) is 13.9. The lowest BCUT2D eigenvalue weighted by atomic mass is 10.1. The standard InChI is InChI=1S/C21H23Cl2N3O3/c1-25(14-19(27)24-20-17(22)6-3-7-18(20)23)21(28)16-5-2-4-15(12-16)13-26-8-10-29-11-9-26/h2-7,12H,8-11,13-14H2,1H3,(H,24,27). The van der Waals surface area contributed by atoms with Crippen molar-refractivity contribution < 1.29 is 14.3 Å². The molecule has 0 aliphatic carbocycles. The topological polar surface area (TPSA) is 61.9 Å². The Morgan fingerprint density at radius 1 is 1.10 bits per heavy atom. The number of nitrogens with zero attached hydrogens (tertiary/aromatic N) is 2. The van der Waals surface area contributed by atoms with Crippen LogP contribution in [-0.2, 0) is 16.1 Å². The van der Waals surface area contributed by atoms with Gasteiger partial charge in [-0.25, -0.2) is 0 Å². The molecule has 0 saturated carbocycles. The van der Waals surface area contributed by atoms with Gasteiger partial charge in [-0.3, -0.25) is 14.5 Å². The molecule has 2 aromatic rings. The number of nitrogens with one attached hydrogen (secondary N) is 1. The first-order valence-corrected chi connectivity index (χ1v) is 10.1. The number of hydrogen-bond donors (Lipinski definition) is 1. The minimum Gasteiger partial charge on any atom is -0.379 e. The Morgan fingerprint density at radius 2 is 1.76 bits per heavy atom. The molecule has 154 valence electrons. The Balaban J connectivity index is 1.60. The quantitative estimate of drug-likeness (QED) is 0.753. The number of carbonyl (C=O) groups excluding carboxylic acids is 2. The van der Waals surface area contributed by atoms with Crippen LogP contribution in [0.1, 0.15) is 15.9 Å². The number of ether oxygens (including phenoxy) is 1. The Labute approximate surface area is 180 Å². The van der Waals surface area contributed by atoms with E-state index in [1.54, 1.807) is 31.3 Å². The van der Waals surface area contributed by atoms with Crippen molar-refractivity contribution in [3.63, 3.8) is 0 Å². The molecule has 2 amide bonds. The Kier molecular flexibility index (Phi) is 7.50. The summed E-state index contributed by atoms with van der Waals surface area (Å²) in [5, 5.41) is 3.35. The van der Waals surface area contributed by atoms with Gasteiger partial charge in [0.1, 0.15) is 0 Å². The monoisotopic (exact) mass is 435 g/mol. The van der Waals surface area contributed by atoms with Gasteiger partial charge in [-0.05, 0) is 29.8 Å². The molecule has 0 aromatic heterocycles. The van der Waals surface area contributed by atoms with Crippen LogP contribution in [0.15, 0.2) is 42.5 Å². The second-order valence-electron chi connectivity index (χ2n) is 6.89. The van der Waals surface area contributed by atoms with Crippen LogP contribution in [0.4, 0.5) is 5.69 Å². The molecule has 0 unspecified atom stereocenters. The number of rotatable bonds is 6. The first kappa shape index (κ1) is 21.6. The number of morpholine rings is 1. The maximum absolute atomic E-state index is 12.8. The number of anilines is 1. The second kappa shape index (κ2) is 10.1. The molecule has 1 aliphatic rings. The third kappa shape index (κ3) is 5.93. The van der Waals surface area contributed by atoms with Gasteiger partial charge in [0.25, 0.3) is 5.91 Å². The zero-order valence-corrected chi connectivity index (χ0v) is 17.7. The highest BCUT2D eigenvalue weighted by Gasteiger charge is 2.18. The molecule has 0 bridgehead atoms. The average Bonchev–Trinajstić information content (AvgIpc) is 2.71. The molecule has 29 heavy (non-hydrogen) atoms. The van der Waals surface area contributed by atoms with Crippen LogP contribution in [0.3, 0.4) is 0 Å². The number of benzene rings is 2. The lowest BCUT2D eigenvalue weighted by Gasteiger charge is -2.26. The van der Waals surface area contributed by atoms with Crippen molar-refractivity contribution in [3.8, 4) is 0 Å². The van der Waals surface area contributed by atoms with E-state index in [1.165, 1.54) is 4.90 Å². The first-order valence-electron chi connectivity index (χ1n) is 9.32. The maximum Gasteiger partial charge on any atom is 0.254 e. The fraction of sp³-hybridized carbons (Fsp3) is 0.333. The molecule has 1 heterocycles. The van der Waals surface area contributed by atoms with Gasteiger partial charge < -0.3 is 15.0 Å². The van der Waals surface area contributed by atoms with Gasteiger partial charge in [-0.1, -0.05) is 41.4 Å². The number of para-hydroxylation sites is 1. The molecule has 1 aliphatic heterocycles. The van der Waals surface area contributed by atoms with Crippen LogP contribution in [0.25, 0.3) is 0 Å². The third-order valence-corrected chi connectivity index (χ3v) is 5.27. The molecular formula is C21H23Cl2N3O3. The molecule has 0 atom stereocenters. The summed E-state index contributed by atoms with van der Waals surface area (Å²) in [5.74, 6) is -0.602. The van der Waals surface area contributed by atoms with Crippen molar-refractivity contribution >= 4 is 40.7 Å². The average molecular weight is 436 g/mol. The van der Waals surface area contributed by atoms with Crippen molar-refractivity contribution in [2.24, 2.45) is 0 Å². The van der Waals surface area contributed by atoms with E-state index < -0.39 is 0 Å². The summed E-state index contributed by atoms with van der Waals surface area (Å²) >= 11 is 12.1. The van der Waals surface area contributed by atoms with E-state index in [1.807, 2.05) is 18.2 Å². The summed E-state index contributed by atoms with van der Waals surface area (Å²) in [5.41, 5.74) is 1.94. The van der Waals surface area contributed by atoms with E-state index in [0.29, 0.717) is 21.3 Å². The van der Waals surface area contributed by atoms with Crippen LogP contribution < -0.4 is 5.32 Å². The zero-order valence-electron chi connectivity index (χ0n) is 16.2. The fourth-order valence-corrected chi connectivity index (χ4v) is 3.62. The predicted molar refractivity (Wildman–Crippen MR) is 115 cm³/mol. The number of amides is 2. The summed E-state index contributed by atoms with van der Waals surface area (Å²) in [6, 6.07) is 12.5. The van der Waals surface area contributed by atoms with Crippen molar-refractivity contribution in [1.29, 1.82) is 0 Å². The summed E-state index contributed by atoms with van der Waals surface area (Å²) in [7, 11) is 1.59. The molecule has 1 saturated heterocycles. The highest BCUT2D eigenvalue weighted by atomic mass is 35.5. The number of halogens is 2. The molecule has 1 fully saturated rings. The van der Waals surface area contributed by atoms with Crippen molar-refractivity contribution in [3.05, 3.63) is 63.6 Å². The van der Waals surface area contributed by atoms with Crippen LogP contribution in [0.2, 0.25) is 10.0 Å². The number of likely N-dealkylation sites (N-methyl/N-ethyl adjacent to an activating group) is 1. The van der Waals surface area contributed by atoms with Crippen molar-refractivity contribution in [1.82, 2.24) is 9.80 Å². The van der Waals surface area contributed by atoms with Crippen molar-refractivity contribution in [2.45, 2.75) is 6.54 Å². The van der Waals surface area contributed by atoms with E-state index in [4.69, 9.17) is 27.9 Å². The molecule has 8 heteroatoms. The van der Waals surface area contributed by atoms with Crippen LogP contribution in [-0.4, -0.2) is 61.5 Å². The molecular weight excluding hydrogens is 413 g/mol. The molecule has 0 spiro atoms. The molecule has 2 aromatic carbocycles. The highest BCUT2D eigenvalue weighted by Crippen LogP contribution is 2.29. The molecule has 3 rings (SSSR count). The Bertz CT molecular complexity index is 865. The minimum atomic E-state index is -0.375. The van der Waals surface area contributed by atoms with Gasteiger partial charge in [-0.15, -0.1) is 0 Å². The van der Waals surface area contributed by atoms with Crippen molar-refractivity contribution in [2.75, 3.05) is 45.2 Å². The van der Waals surface area contributed by atoms with Gasteiger partial charge in [0.15, 0.2) is 0 Å². The molecule has 6 nitrogen and oxygen atoms in total. The smallest absolute Gasteiger partial charge is 0.254 e. The van der Waals surface area contributed by atoms with E-state index in [9.17, 15) is 9.59 Å². The SMILES string of the molecule is CN(CC(=O)Nc1c(Cl)cccc1Cl)C(=O)c1cccc(CN2CCOCC2)c1. The lowest BCUT2D eigenvalue weighted by molar-refractivity contribution is -0.116. The normalized spacial score (nSPS) is 14.4. The second-order valence-corrected chi connectivity index (χ2v) is 7.71. The van der Waals surface area contributed by atoms with Gasteiger partial charge in [0.05, 0.1) is 35.5 Å². The Hall–Kier alpha value is -2.12. The summed E-state index contributed by atoms with van der Waals surface area (Å²) in [6.07, 6.45) is 0. The van der Waals surface area contributed by atoms with Gasteiger partial charge >= 0.3 is 0 Å². The highest BCUT2D eigenvalue weighted by molar-refractivity contribution is 6.39. The number of hydrogen-bond acceptors (Lipinski definition) is 4. The third-order valence-electron chi connectivity index (χ3n) is 4.64. The number of carbonyl (C=O) groups is 2. The van der Waals surface area contributed by atoms with E-state index in [0.717, 1.165) is 38.4 Å². The van der Waals surface area contributed by atoms with Gasteiger partial charge in [0, 0.05) is 32.2 Å². The van der Waals surface area contributed by atoms with Gasteiger partial charge in [-0.2, -0.15) is 0 Å². The van der Waals surface area contributed by atoms with Crippen LogP contribution in [0, 0.1) is 0 Å². The van der Waals surface area contributed by atoms with Crippen LogP contribution in [0.5, 0.6) is 0 Å². The summed E-state index contributed by atoms with van der Waals surface area (Å²) in [4.78, 5) is 28.8. The van der Waals surface area contributed by atoms with E-state index in [-0.39, 0.29) is 18.4 Å².